The maximum Gasteiger partial charge on any atom is 0.211 e. The molecule has 86 valence electrons. The summed E-state index contributed by atoms with van der Waals surface area (Å²) >= 11 is 5.41. The van der Waals surface area contributed by atoms with Crippen LogP contribution in [0.15, 0.2) is 0 Å². The van der Waals surface area contributed by atoms with E-state index in [4.69, 9.17) is 16.7 Å². The van der Waals surface area contributed by atoms with Crippen molar-refractivity contribution in [3.63, 3.8) is 0 Å². The Morgan fingerprint density at radius 1 is 1.50 bits per heavy atom. The molecule has 14 heavy (non-hydrogen) atoms. The molecule has 6 heteroatoms. The van der Waals surface area contributed by atoms with Crippen LogP contribution in [-0.4, -0.2) is 37.8 Å². The number of sulfonamides is 1. The van der Waals surface area contributed by atoms with Gasteiger partial charge in [-0.05, 0) is 19.3 Å². The van der Waals surface area contributed by atoms with Gasteiger partial charge in [-0.3, -0.25) is 0 Å². The van der Waals surface area contributed by atoms with Crippen LogP contribution in [0.25, 0.3) is 0 Å². The lowest BCUT2D eigenvalue weighted by Gasteiger charge is -2.15. The van der Waals surface area contributed by atoms with Crippen molar-refractivity contribution in [3.05, 3.63) is 0 Å². The van der Waals surface area contributed by atoms with Crippen molar-refractivity contribution in [2.45, 2.75) is 32.2 Å². The van der Waals surface area contributed by atoms with Gasteiger partial charge >= 0.3 is 0 Å². The zero-order valence-corrected chi connectivity index (χ0v) is 9.94. The molecule has 0 spiro atoms. The van der Waals surface area contributed by atoms with E-state index in [-0.39, 0.29) is 18.4 Å². The van der Waals surface area contributed by atoms with Crippen molar-refractivity contribution >= 4 is 21.6 Å². The second kappa shape index (κ2) is 7.45. The van der Waals surface area contributed by atoms with E-state index < -0.39 is 10.0 Å². The minimum Gasteiger partial charge on any atom is -0.396 e. The first-order valence-electron chi connectivity index (χ1n) is 4.72. The summed E-state index contributed by atoms with van der Waals surface area (Å²) in [7, 11) is -3.22. The van der Waals surface area contributed by atoms with Crippen molar-refractivity contribution in [2.24, 2.45) is 0 Å². The summed E-state index contributed by atoms with van der Waals surface area (Å²) < 4.78 is 25.3. The number of rotatable bonds is 8. The first-order valence-corrected chi connectivity index (χ1v) is 6.91. The largest absolute Gasteiger partial charge is 0.396 e. The Bertz CT molecular complexity index is 231. The van der Waals surface area contributed by atoms with E-state index in [1.807, 2.05) is 6.92 Å². The summed E-state index contributed by atoms with van der Waals surface area (Å²) in [5, 5.41) is 8.68. The molecular formula is C8H18ClNO3S. The number of aliphatic hydroxyl groups excluding tert-OH is 1. The van der Waals surface area contributed by atoms with Crippen LogP contribution in [0.2, 0.25) is 0 Å². The summed E-state index contributed by atoms with van der Waals surface area (Å²) in [6, 6.07) is -0.166. The van der Waals surface area contributed by atoms with E-state index in [1.165, 1.54) is 0 Å². The Balaban J connectivity index is 4.04. The molecule has 0 aromatic rings. The van der Waals surface area contributed by atoms with Gasteiger partial charge in [0.1, 0.15) is 0 Å². The lowest BCUT2D eigenvalue weighted by molar-refractivity contribution is 0.270. The van der Waals surface area contributed by atoms with E-state index in [0.29, 0.717) is 25.1 Å². The van der Waals surface area contributed by atoms with Gasteiger partial charge in [0, 0.05) is 18.5 Å². The van der Waals surface area contributed by atoms with Gasteiger partial charge < -0.3 is 5.11 Å². The van der Waals surface area contributed by atoms with Gasteiger partial charge in [-0.25, -0.2) is 13.1 Å². The fourth-order valence-corrected chi connectivity index (χ4v) is 2.79. The molecule has 2 N–H and O–H groups in total. The summed E-state index contributed by atoms with van der Waals surface area (Å²) in [6.07, 6.45) is 1.59. The molecule has 0 amide bonds. The highest BCUT2D eigenvalue weighted by molar-refractivity contribution is 7.89. The minimum atomic E-state index is -3.22. The number of aliphatic hydroxyl groups is 1. The van der Waals surface area contributed by atoms with E-state index in [1.54, 1.807) is 0 Å². The van der Waals surface area contributed by atoms with Gasteiger partial charge in [0.25, 0.3) is 0 Å². The first-order chi connectivity index (χ1) is 6.55. The summed E-state index contributed by atoms with van der Waals surface area (Å²) in [5.41, 5.74) is 0. The number of nitrogens with one attached hydrogen (secondary N) is 1. The maximum atomic E-state index is 11.4. The lowest BCUT2D eigenvalue weighted by Crippen LogP contribution is -2.36. The van der Waals surface area contributed by atoms with Gasteiger partial charge in [-0.2, -0.15) is 0 Å². The van der Waals surface area contributed by atoms with Crippen molar-refractivity contribution in [1.29, 1.82) is 0 Å². The van der Waals surface area contributed by atoms with Crippen molar-refractivity contribution in [1.82, 2.24) is 4.72 Å². The highest BCUT2D eigenvalue weighted by Gasteiger charge is 2.15. The van der Waals surface area contributed by atoms with Crippen LogP contribution in [-0.2, 0) is 10.0 Å². The van der Waals surface area contributed by atoms with E-state index in [2.05, 4.69) is 4.72 Å². The molecule has 0 saturated carbocycles. The number of halogens is 1. The Morgan fingerprint density at radius 3 is 2.57 bits per heavy atom. The predicted octanol–water partition coefficient (Wildman–Crippen LogP) is 0.696. The maximum absolute atomic E-state index is 11.4. The van der Waals surface area contributed by atoms with Gasteiger partial charge in [-0.1, -0.05) is 6.92 Å². The molecule has 0 aromatic heterocycles. The molecule has 4 nitrogen and oxygen atoms in total. The molecule has 1 unspecified atom stereocenters. The van der Waals surface area contributed by atoms with Crippen LogP contribution in [0.1, 0.15) is 26.2 Å². The number of hydrogen-bond donors (Lipinski definition) is 2. The molecule has 0 saturated heterocycles. The Labute approximate surface area is 90.7 Å². The predicted molar refractivity (Wildman–Crippen MR) is 58.0 cm³/mol. The normalized spacial score (nSPS) is 14.2. The third-order valence-corrected chi connectivity index (χ3v) is 3.65. The molecule has 0 rings (SSSR count). The number of alkyl halides is 1. The molecular weight excluding hydrogens is 226 g/mol. The second-order valence-corrected chi connectivity index (χ2v) is 5.35. The van der Waals surface area contributed by atoms with Crippen LogP contribution in [0, 0.1) is 0 Å². The third-order valence-electron chi connectivity index (χ3n) is 1.86. The molecule has 0 radical (unpaired) electrons. The summed E-state index contributed by atoms with van der Waals surface area (Å²) in [4.78, 5) is 0. The van der Waals surface area contributed by atoms with Gasteiger partial charge in [0.15, 0.2) is 0 Å². The fraction of sp³-hybridized carbons (Fsp3) is 1.00. The number of hydrogen-bond acceptors (Lipinski definition) is 3. The summed E-state index contributed by atoms with van der Waals surface area (Å²) in [5.74, 6) is 0.399. The zero-order chi connectivity index (χ0) is 11.0. The van der Waals surface area contributed by atoms with Gasteiger partial charge in [-0.15, -0.1) is 11.6 Å². The highest BCUT2D eigenvalue weighted by atomic mass is 35.5. The van der Waals surface area contributed by atoms with E-state index in [0.717, 1.165) is 0 Å². The van der Waals surface area contributed by atoms with Crippen LogP contribution in [0.5, 0.6) is 0 Å². The SMILES string of the molecule is CCC(CCO)NS(=O)(=O)CCCCl. The molecule has 0 aliphatic heterocycles. The monoisotopic (exact) mass is 243 g/mol. The van der Waals surface area contributed by atoms with Crippen LogP contribution in [0.4, 0.5) is 0 Å². The molecule has 1 atom stereocenters. The first kappa shape index (κ1) is 14.2. The zero-order valence-electron chi connectivity index (χ0n) is 8.37. The molecule has 0 fully saturated rings. The molecule has 0 aromatic carbocycles. The van der Waals surface area contributed by atoms with Gasteiger partial charge in [0.2, 0.25) is 10.0 Å². The average Bonchev–Trinajstić information content (AvgIpc) is 2.14. The second-order valence-electron chi connectivity index (χ2n) is 3.10. The smallest absolute Gasteiger partial charge is 0.211 e. The van der Waals surface area contributed by atoms with Crippen LogP contribution >= 0.6 is 11.6 Å². The lowest BCUT2D eigenvalue weighted by atomic mass is 10.2. The van der Waals surface area contributed by atoms with Crippen LogP contribution in [0.3, 0.4) is 0 Å². The average molecular weight is 244 g/mol. The Kier molecular flexibility index (Phi) is 7.54. The van der Waals surface area contributed by atoms with Crippen LogP contribution < -0.4 is 4.72 Å². The molecule has 0 aliphatic carbocycles. The minimum absolute atomic E-state index is 0.00344. The van der Waals surface area contributed by atoms with Crippen molar-refractivity contribution < 1.29 is 13.5 Å². The van der Waals surface area contributed by atoms with E-state index >= 15 is 0 Å². The van der Waals surface area contributed by atoms with Gasteiger partial charge in [0.05, 0.1) is 5.75 Å². The van der Waals surface area contributed by atoms with Crippen molar-refractivity contribution in [2.75, 3.05) is 18.2 Å². The molecule has 0 aliphatic rings. The summed E-state index contributed by atoms with van der Waals surface area (Å²) in [6.45, 7) is 1.88. The topological polar surface area (TPSA) is 66.4 Å². The Hall–Kier alpha value is 0.160. The van der Waals surface area contributed by atoms with Crippen molar-refractivity contribution in [3.8, 4) is 0 Å². The fourth-order valence-electron chi connectivity index (χ4n) is 1.06. The standard InChI is InChI=1S/C8H18ClNO3S/c1-2-8(4-6-11)10-14(12,13)7-3-5-9/h8,10-11H,2-7H2,1H3. The highest BCUT2D eigenvalue weighted by Crippen LogP contribution is 2.01. The molecule has 0 bridgehead atoms. The molecule has 0 heterocycles. The van der Waals surface area contributed by atoms with E-state index in [9.17, 15) is 8.42 Å². The Morgan fingerprint density at radius 2 is 2.14 bits per heavy atom. The third kappa shape index (κ3) is 6.59. The quantitative estimate of drug-likeness (QED) is 0.617.